The number of aryl methyl sites for hydroxylation is 2. The predicted molar refractivity (Wildman–Crippen MR) is 75.5 cm³/mol. The smallest absolute Gasteiger partial charge is 0.0842 e. The average Bonchev–Trinajstić information content (AvgIpc) is 2.83. The maximum atomic E-state index is 4.56. The molecule has 1 N–H and O–H groups in total. The summed E-state index contributed by atoms with van der Waals surface area (Å²) in [6.07, 6.45) is 0. The molecule has 0 aliphatic rings. The van der Waals surface area contributed by atoms with Crippen molar-refractivity contribution < 1.29 is 0 Å². The third-order valence-electron chi connectivity index (χ3n) is 2.79. The molecule has 0 bridgehead atoms. The van der Waals surface area contributed by atoms with Crippen LogP contribution in [0.1, 0.15) is 29.9 Å². The van der Waals surface area contributed by atoms with Crippen LogP contribution in [0.3, 0.4) is 0 Å². The maximum absolute atomic E-state index is 4.56. The van der Waals surface area contributed by atoms with E-state index in [1.54, 1.807) is 11.3 Å². The van der Waals surface area contributed by atoms with Crippen molar-refractivity contribution in [1.29, 1.82) is 0 Å². The van der Waals surface area contributed by atoms with Gasteiger partial charge in [0.05, 0.1) is 11.7 Å². The molecule has 0 aromatic carbocycles. The minimum absolute atomic E-state index is 0.167. The predicted octanol–water partition coefficient (Wildman–Crippen LogP) is 3.25. The molecule has 2 aromatic heterocycles. The summed E-state index contributed by atoms with van der Waals surface area (Å²) in [5.74, 6) is 0. The summed E-state index contributed by atoms with van der Waals surface area (Å²) < 4.78 is 3.07. The van der Waals surface area contributed by atoms with Crippen molar-refractivity contribution in [3.8, 4) is 0 Å². The van der Waals surface area contributed by atoms with Gasteiger partial charge in [-0.3, -0.25) is 4.68 Å². The second-order valence-electron chi connectivity index (χ2n) is 4.00. The molecular formula is C12H16BrN3S. The summed E-state index contributed by atoms with van der Waals surface area (Å²) >= 11 is 5.30. The zero-order valence-corrected chi connectivity index (χ0v) is 12.6. The molecule has 0 aliphatic heterocycles. The topological polar surface area (TPSA) is 29.9 Å². The second kappa shape index (κ2) is 5.33. The van der Waals surface area contributed by atoms with E-state index in [4.69, 9.17) is 0 Å². The molecule has 2 aromatic rings. The highest BCUT2D eigenvalue weighted by Gasteiger charge is 2.19. The third kappa shape index (κ3) is 2.61. The van der Waals surface area contributed by atoms with Crippen molar-refractivity contribution in [1.82, 2.24) is 15.1 Å². The van der Waals surface area contributed by atoms with Gasteiger partial charge in [0.1, 0.15) is 0 Å². The number of hydrogen-bond donors (Lipinski definition) is 1. The first-order chi connectivity index (χ1) is 8.13. The lowest BCUT2D eigenvalue weighted by Gasteiger charge is -2.15. The SMILES string of the molecule is CCNC(c1cc(C)n(C)n1)c1cscc1Br. The summed E-state index contributed by atoms with van der Waals surface area (Å²) in [5, 5.41) is 12.3. The average molecular weight is 314 g/mol. The van der Waals surface area contributed by atoms with E-state index in [9.17, 15) is 0 Å². The first kappa shape index (κ1) is 12.8. The zero-order valence-electron chi connectivity index (χ0n) is 10.2. The van der Waals surface area contributed by atoms with Gasteiger partial charge in [-0.2, -0.15) is 16.4 Å². The highest BCUT2D eigenvalue weighted by Crippen LogP contribution is 2.31. The number of thiophene rings is 1. The molecule has 2 rings (SSSR count). The van der Waals surface area contributed by atoms with Gasteiger partial charge in [0.15, 0.2) is 0 Å². The molecular weight excluding hydrogens is 298 g/mol. The van der Waals surface area contributed by atoms with Gasteiger partial charge >= 0.3 is 0 Å². The third-order valence-corrected chi connectivity index (χ3v) is 4.54. The van der Waals surface area contributed by atoms with Gasteiger partial charge < -0.3 is 5.32 Å². The molecule has 1 unspecified atom stereocenters. The standard InChI is InChI=1S/C12H16BrN3S/c1-4-14-12(9-6-17-7-10(9)13)11-5-8(2)16(3)15-11/h5-7,12,14H,4H2,1-3H3. The Morgan fingerprint density at radius 2 is 2.29 bits per heavy atom. The molecule has 92 valence electrons. The molecule has 0 aliphatic carbocycles. The first-order valence-corrected chi connectivity index (χ1v) is 7.32. The number of nitrogens with zero attached hydrogens (tertiary/aromatic N) is 2. The Kier molecular flexibility index (Phi) is 4.01. The van der Waals surface area contributed by atoms with E-state index in [0.29, 0.717) is 0 Å². The van der Waals surface area contributed by atoms with E-state index in [2.05, 4.69) is 57.0 Å². The lowest BCUT2D eigenvalue weighted by Crippen LogP contribution is -2.22. The summed E-state index contributed by atoms with van der Waals surface area (Å²) in [6, 6.07) is 2.30. The van der Waals surface area contributed by atoms with Crippen LogP contribution in [-0.2, 0) is 7.05 Å². The number of rotatable bonds is 4. The van der Waals surface area contributed by atoms with Crippen molar-refractivity contribution in [2.75, 3.05) is 6.54 Å². The number of nitrogens with one attached hydrogen (secondary N) is 1. The summed E-state index contributed by atoms with van der Waals surface area (Å²) in [5.41, 5.74) is 3.51. The van der Waals surface area contributed by atoms with Crippen molar-refractivity contribution in [3.63, 3.8) is 0 Å². The molecule has 0 amide bonds. The van der Waals surface area contributed by atoms with Gasteiger partial charge in [-0.15, -0.1) is 0 Å². The fourth-order valence-electron chi connectivity index (χ4n) is 1.80. The van der Waals surface area contributed by atoms with Gasteiger partial charge in [0.2, 0.25) is 0 Å². The fraction of sp³-hybridized carbons (Fsp3) is 0.417. The monoisotopic (exact) mass is 313 g/mol. The van der Waals surface area contributed by atoms with Crippen molar-refractivity contribution in [2.45, 2.75) is 19.9 Å². The Morgan fingerprint density at radius 1 is 1.53 bits per heavy atom. The second-order valence-corrected chi connectivity index (χ2v) is 5.60. The van der Waals surface area contributed by atoms with Crippen LogP contribution in [0.2, 0.25) is 0 Å². The Bertz CT molecular complexity index is 484. The largest absolute Gasteiger partial charge is 0.305 e. The molecule has 0 fully saturated rings. The molecule has 17 heavy (non-hydrogen) atoms. The van der Waals surface area contributed by atoms with E-state index >= 15 is 0 Å². The highest BCUT2D eigenvalue weighted by molar-refractivity contribution is 9.10. The summed E-state index contributed by atoms with van der Waals surface area (Å²) in [4.78, 5) is 0. The van der Waals surface area contributed by atoms with Crippen LogP contribution in [0.4, 0.5) is 0 Å². The van der Waals surface area contributed by atoms with Crippen LogP contribution < -0.4 is 5.32 Å². The van der Waals surface area contributed by atoms with E-state index in [-0.39, 0.29) is 6.04 Å². The highest BCUT2D eigenvalue weighted by atomic mass is 79.9. The molecule has 0 radical (unpaired) electrons. The molecule has 0 saturated heterocycles. The minimum atomic E-state index is 0.167. The Morgan fingerprint density at radius 3 is 2.76 bits per heavy atom. The zero-order chi connectivity index (χ0) is 12.4. The molecule has 2 heterocycles. The van der Waals surface area contributed by atoms with E-state index in [1.165, 1.54) is 11.3 Å². The van der Waals surface area contributed by atoms with Crippen LogP contribution in [0, 0.1) is 6.92 Å². The van der Waals surface area contributed by atoms with Gasteiger partial charge in [-0.25, -0.2) is 0 Å². The fourth-order valence-corrected chi connectivity index (χ4v) is 3.36. The quantitative estimate of drug-likeness (QED) is 0.939. The van der Waals surface area contributed by atoms with Gasteiger partial charge in [-0.1, -0.05) is 6.92 Å². The van der Waals surface area contributed by atoms with Crippen LogP contribution >= 0.6 is 27.3 Å². The maximum Gasteiger partial charge on any atom is 0.0842 e. The van der Waals surface area contributed by atoms with Crippen LogP contribution in [0.15, 0.2) is 21.3 Å². The lowest BCUT2D eigenvalue weighted by molar-refractivity contribution is 0.598. The Labute approximate surface area is 114 Å². The summed E-state index contributed by atoms with van der Waals surface area (Å²) in [6.45, 7) is 5.10. The van der Waals surface area contributed by atoms with Gasteiger partial charge in [0.25, 0.3) is 0 Å². The molecule has 3 nitrogen and oxygen atoms in total. The minimum Gasteiger partial charge on any atom is -0.305 e. The number of hydrogen-bond acceptors (Lipinski definition) is 3. The first-order valence-electron chi connectivity index (χ1n) is 5.59. The van der Waals surface area contributed by atoms with Crippen LogP contribution in [0.5, 0.6) is 0 Å². The van der Waals surface area contributed by atoms with Crippen molar-refractivity contribution in [2.24, 2.45) is 7.05 Å². The van der Waals surface area contributed by atoms with Crippen LogP contribution in [0.25, 0.3) is 0 Å². The molecule has 5 heteroatoms. The Hall–Kier alpha value is -0.650. The molecule has 1 atom stereocenters. The van der Waals surface area contributed by atoms with Crippen molar-refractivity contribution in [3.05, 3.63) is 38.3 Å². The Balaban J connectivity index is 2.39. The normalized spacial score (nSPS) is 12.9. The number of aromatic nitrogens is 2. The van der Waals surface area contributed by atoms with E-state index in [0.717, 1.165) is 16.7 Å². The van der Waals surface area contributed by atoms with E-state index < -0.39 is 0 Å². The van der Waals surface area contributed by atoms with Crippen molar-refractivity contribution >= 4 is 27.3 Å². The lowest BCUT2D eigenvalue weighted by atomic mass is 10.1. The van der Waals surface area contributed by atoms with Gasteiger partial charge in [0, 0.05) is 28.2 Å². The van der Waals surface area contributed by atoms with E-state index in [1.807, 2.05) is 11.7 Å². The van der Waals surface area contributed by atoms with Gasteiger partial charge in [-0.05, 0) is 40.8 Å². The number of halogens is 1. The van der Waals surface area contributed by atoms with Crippen LogP contribution in [-0.4, -0.2) is 16.3 Å². The summed E-state index contributed by atoms with van der Waals surface area (Å²) in [7, 11) is 1.98. The molecule has 0 saturated carbocycles. The molecule has 0 spiro atoms.